The maximum absolute atomic E-state index is 13.4. The molecule has 3 aromatic rings. The summed E-state index contributed by atoms with van der Waals surface area (Å²) in [6, 6.07) is 14.2. The Kier molecular flexibility index (Phi) is 9.02. The van der Waals surface area contributed by atoms with Crippen LogP contribution in [0, 0.1) is 6.92 Å². The molecule has 0 bridgehead atoms. The Morgan fingerprint density at radius 2 is 1.95 bits per heavy atom. The van der Waals surface area contributed by atoms with Crippen LogP contribution in [0.4, 0.5) is 0 Å². The zero-order chi connectivity index (χ0) is 27.1. The first kappa shape index (κ1) is 27.2. The van der Waals surface area contributed by atoms with Gasteiger partial charge in [-0.15, -0.1) is 0 Å². The number of fused-ring (bicyclic) bond motifs is 1. The van der Waals surface area contributed by atoms with Crippen molar-refractivity contribution in [2.75, 3.05) is 26.2 Å². The van der Waals surface area contributed by atoms with E-state index in [-0.39, 0.29) is 30.9 Å². The number of carbonyl (C=O) groups is 3. The monoisotopic (exact) mass is 537 g/mol. The molecule has 2 aromatic carbocycles. The average Bonchev–Trinajstić information content (AvgIpc) is 3.23. The van der Waals surface area contributed by atoms with Crippen molar-refractivity contribution in [3.8, 4) is 5.75 Å². The summed E-state index contributed by atoms with van der Waals surface area (Å²) in [5.41, 5.74) is 2.42. The highest BCUT2D eigenvalue weighted by Gasteiger charge is 2.24. The minimum absolute atomic E-state index is 0.100. The summed E-state index contributed by atoms with van der Waals surface area (Å²) in [6.07, 6.45) is 3.40. The predicted molar refractivity (Wildman–Crippen MR) is 144 cm³/mol. The molecule has 0 radical (unpaired) electrons. The standard InChI is InChI=1S/C28H32ClN5O4/c1-19-24(16-33(2)32-19)28(37)34-13-7-6-12-30-27(36)23-15-21(29)10-11-25(23)38-18-22(31-26(35)17-34)14-20-8-4-3-5-9-20/h3-5,8-11,15-16,22H,6-7,12-14,17-18H2,1-2H3,(H,30,36)(H,31,35)/t22-/m1/s1. The molecular formula is C28H32ClN5O4. The molecule has 1 aliphatic rings. The lowest BCUT2D eigenvalue weighted by Crippen LogP contribution is -2.47. The second kappa shape index (κ2) is 12.6. The highest BCUT2D eigenvalue weighted by atomic mass is 35.5. The number of aromatic nitrogens is 2. The van der Waals surface area contributed by atoms with Crippen LogP contribution in [0.15, 0.2) is 54.7 Å². The van der Waals surface area contributed by atoms with E-state index in [0.717, 1.165) is 5.56 Å². The lowest BCUT2D eigenvalue weighted by Gasteiger charge is -2.25. The minimum Gasteiger partial charge on any atom is -0.491 e. The molecule has 1 aliphatic heterocycles. The first-order valence-corrected chi connectivity index (χ1v) is 13.0. The van der Waals surface area contributed by atoms with E-state index in [9.17, 15) is 14.4 Å². The zero-order valence-corrected chi connectivity index (χ0v) is 22.3. The number of rotatable bonds is 3. The molecule has 2 N–H and O–H groups in total. The maximum Gasteiger partial charge on any atom is 0.257 e. The molecular weight excluding hydrogens is 506 g/mol. The van der Waals surface area contributed by atoms with Gasteiger partial charge in [0.1, 0.15) is 12.4 Å². The Morgan fingerprint density at radius 3 is 2.68 bits per heavy atom. The maximum atomic E-state index is 13.4. The van der Waals surface area contributed by atoms with Crippen LogP contribution in [-0.4, -0.2) is 64.7 Å². The van der Waals surface area contributed by atoms with Gasteiger partial charge in [-0.05, 0) is 49.9 Å². The summed E-state index contributed by atoms with van der Waals surface area (Å²) in [6.45, 7) is 2.56. The Balaban J connectivity index is 1.59. The molecule has 3 amide bonds. The number of carbonyl (C=O) groups excluding carboxylic acids is 3. The number of ether oxygens (including phenoxy) is 1. The van der Waals surface area contributed by atoms with Crippen LogP contribution in [0.25, 0.3) is 0 Å². The van der Waals surface area contributed by atoms with E-state index in [0.29, 0.717) is 59.9 Å². The number of hydrogen-bond donors (Lipinski definition) is 2. The quantitative estimate of drug-likeness (QED) is 0.534. The van der Waals surface area contributed by atoms with Crippen molar-refractivity contribution in [2.45, 2.75) is 32.2 Å². The molecule has 0 saturated heterocycles. The van der Waals surface area contributed by atoms with Crippen molar-refractivity contribution >= 4 is 29.3 Å². The Morgan fingerprint density at radius 1 is 1.16 bits per heavy atom. The lowest BCUT2D eigenvalue weighted by atomic mass is 10.1. The van der Waals surface area contributed by atoms with Crippen LogP contribution in [0.5, 0.6) is 5.75 Å². The summed E-state index contributed by atoms with van der Waals surface area (Å²) in [7, 11) is 1.75. The number of hydrogen-bond acceptors (Lipinski definition) is 5. The van der Waals surface area contributed by atoms with Gasteiger partial charge in [0.2, 0.25) is 5.91 Å². The van der Waals surface area contributed by atoms with Crippen LogP contribution in [-0.2, 0) is 18.3 Å². The largest absolute Gasteiger partial charge is 0.491 e. The molecule has 0 aliphatic carbocycles. The Hall–Kier alpha value is -3.85. The predicted octanol–water partition coefficient (Wildman–Crippen LogP) is 3.15. The molecule has 0 fully saturated rings. The van der Waals surface area contributed by atoms with E-state index < -0.39 is 6.04 Å². The van der Waals surface area contributed by atoms with Gasteiger partial charge >= 0.3 is 0 Å². The molecule has 200 valence electrons. The minimum atomic E-state index is -0.404. The molecule has 0 unspecified atom stereocenters. The summed E-state index contributed by atoms with van der Waals surface area (Å²) < 4.78 is 7.64. The van der Waals surface area contributed by atoms with Crippen LogP contribution >= 0.6 is 11.6 Å². The molecule has 0 spiro atoms. The number of aryl methyl sites for hydroxylation is 2. The SMILES string of the molecule is Cc1nn(C)cc1C(=O)N1CCCCNC(=O)c2cc(Cl)ccc2OC[C@@H](Cc2ccccc2)NC(=O)C1. The highest BCUT2D eigenvalue weighted by Crippen LogP contribution is 2.23. The van der Waals surface area contributed by atoms with Crippen molar-refractivity contribution in [1.29, 1.82) is 0 Å². The zero-order valence-electron chi connectivity index (χ0n) is 21.6. The number of halogens is 1. The molecule has 1 atom stereocenters. The third-order valence-electron chi connectivity index (χ3n) is 6.32. The van der Waals surface area contributed by atoms with Crippen molar-refractivity contribution in [1.82, 2.24) is 25.3 Å². The first-order chi connectivity index (χ1) is 18.3. The van der Waals surface area contributed by atoms with Crippen molar-refractivity contribution in [3.63, 3.8) is 0 Å². The van der Waals surface area contributed by atoms with Crippen molar-refractivity contribution < 1.29 is 19.1 Å². The summed E-state index contributed by atoms with van der Waals surface area (Å²) >= 11 is 6.16. The van der Waals surface area contributed by atoms with E-state index in [4.69, 9.17) is 16.3 Å². The van der Waals surface area contributed by atoms with E-state index in [1.54, 1.807) is 43.0 Å². The van der Waals surface area contributed by atoms with E-state index >= 15 is 0 Å². The van der Waals surface area contributed by atoms with Gasteiger partial charge < -0.3 is 20.3 Å². The molecule has 2 heterocycles. The van der Waals surface area contributed by atoms with Crippen molar-refractivity contribution in [2.24, 2.45) is 7.05 Å². The highest BCUT2D eigenvalue weighted by molar-refractivity contribution is 6.31. The van der Waals surface area contributed by atoms with E-state index in [1.165, 1.54) is 4.90 Å². The van der Waals surface area contributed by atoms with Gasteiger partial charge in [0.15, 0.2) is 0 Å². The van der Waals surface area contributed by atoms with E-state index in [2.05, 4.69) is 15.7 Å². The Labute approximate surface area is 227 Å². The molecule has 9 nitrogen and oxygen atoms in total. The van der Waals surface area contributed by atoms with Gasteiger partial charge in [-0.25, -0.2) is 0 Å². The molecule has 0 saturated carbocycles. The number of amides is 3. The van der Waals surface area contributed by atoms with Crippen LogP contribution in [0.1, 0.15) is 44.8 Å². The Bertz CT molecular complexity index is 1290. The van der Waals surface area contributed by atoms with Gasteiger partial charge in [0.25, 0.3) is 11.8 Å². The third kappa shape index (κ3) is 7.13. The van der Waals surface area contributed by atoms with Gasteiger partial charge in [0, 0.05) is 31.4 Å². The topological polar surface area (TPSA) is 106 Å². The van der Waals surface area contributed by atoms with Gasteiger partial charge in [0.05, 0.1) is 29.4 Å². The van der Waals surface area contributed by atoms with Crippen LogP contribution in [0.3, 0.4) is 0 Å². The van der Waals surface area contributed by atoms with Crippen LogP contribution < -0.4 is 15.4 Å². The molecule has 1 aromatic heterocycles. The first-order valence-electron chi connectivity index (χ1n) is 12.6. The molecule has 4 rings (SSSR count). The summed E-state index contributed by atoms with van der Waals surface area (Å²) in [5.74, 6) is -0.445. The van der Waals surface area contributed by atoms with Gasteiger partial charge in [-0.3, -0.25) is 19.1 Å². The number of nitrogens with one attached hydrogen (secondary N) is 2. The average molecular weight is 538 g/mol. The number of benzene rings is 2. The molecule has 38 heavy (non-hydrogen) atoms. The van der Waals surface area contributed by atoms with Crippen molar-refractivity contribution in [3.05, 3.63) is 82.1 Å². The van der Waals surface area contributed by atoms with E-state index in [1.807, 2.05) is 30.3 Å². The third-order valence-corrected chi connectivity index (χ3v) is 6.56. The smallest absolute Gasteiger partial charge is 0.257 e. The summed E-state index contributed by atoms with van der Waals surface area (Å²) in [4.78, 5) is 41.1. The normalized spacial score (nSPS) is 17.3. The second-order valence-electron chi connectivity index (χ2n) is 9.40. The fraction of sp³-hybridized carbons (Fsp3) is 0.357. The van der Waals surface area contributed by atoms with Gasteiger partial charge in [-0.2, -0.15) is 5.10 Å². The summed E-state index contributed by atoms with van der Waals surface area (Å²) in [5, 5.41) is 10.6. The molecule has 10 heteroatoms. The van der Waals surface area contributed by atoms with Gasteiger partial charge in [-0.1, -0.05) is 41.9 Å². The number of nitrogens with zero attached hydrogens (tertiary/aromatic N) is 3. The lowest BCUT2D eigenvalue weighted by molar-refractivity contribution is -0.122. The van der Waals surface area contributed by atoms with Crippen LogP contribution in [0.2, 0.25) is 5.02 Å². The second-order valence-corrected chi connectivity index (χ2v) is 9.83. The fourth-order valence-corrected chi connectivity index (χ4v) is 4.62. The fourth-order valence-electron chi connectivity index (χ4n) is 4.45.